The Balaban J connectivity index is 1.57. The Labute approximate surface area is 161 Å². The number of morpholine rings is 1. The summed E-state index contributed by atoms with van der Waals surface area (Å²) in [5, 5.41) is 3.81. The first-order valence-corrected chi connectivity index (χ1v) is 9.14. The Kier molecular flexibility index (Phi) is 6.35. The molecule has 4 nitrogen and oxygen atoms in total. The third-order valence-electron chi connectivity index (χ3n) is 4.22. The second-order valence-corrected chi connectivity index (χ2v) is 6.89. The van der Waals surface area contributed by atoms with Gasteiger partial charge in [-0.3, -0.25) is 4.79 Å². The summed E-state index contributed by atoms with van der Waals surface area (Å²) >= 11 is 12.0. The SMILES string of the molecule is O=C(CCc1ccc(Cl)cc1Cl)Nc1ccc(N2CCOCC2)c(F)c1. The van der Waals surface area contributed by atoms with Crippen molar-refractivity contribution in [1.29, 1.82) is 0 Å². The van der Waals surface area contributed by atoms with Crippen LogP contribution in [0.15, 0.2) is 36.4 Å². The zero-order valence-electron chi connectivity index (χ0n) is 14.1. The highest BCUT2D eigenvalue weighted by Gasteiger charge is 2.16. The molecule has 0 saturated carbocycles. The van der Waals surface area contributed by atoms with Gasteiger partial charge < -0.3 is 15.0 Å². The highest BCUT2D eigenvalue weighted by Crippen LogP contribution is 2.25. The lowest BCUT2D eigenvalue weighted by atomic mass is 10.1. The first-order valence-electron chi connectivity index (χ1n) is 8.39. The van der Waals surface area contributed by atoms with Gasteiger partial charge in [0.15, 0.2) is 0 Å². The number of halogens is 3. The minimum atomic E-state index is -0.356. The summed E-state index contributed by atoms with van der Waals surface area (Å²) < 4.78 is 19.6. The first-order chi connectivity index (χ1) is 12.5. The van der Waals surface area contributed by atoms with Gasteiger partial charge in [-0.15, -0.1) is 0 Å². The van der Waals surface area contributed by atoms with Crippen LogP contribution in [0.3, 0.4) is 0 Å². The van der Waals surface area contributed by atoms with Crippen LogP contribution in [0.5, 0.6) is 0 Å². The van der Waals surface area contributed by atoms with Crippen LogP contribution in [-0.2, 0) is 16.0 Å². The fraction of sp³-hybridized carbons (Fsp3) is 0.316. The van der Waals surface area contributed by atoms with E-state index in [0.717, 1.165) is 5.56 Å². The summed E-state index contributed by atoms with van der Waals surface area (Å²) in [6.45, 7) is 2.49. The Bertz CT molecular complexity index is 795. The van der Waals surface area contributed by atoms with Crippen LogP contribution in [-0.4, -0.2) is 32.2 Å². The lowest BCUT2D eigenvalue weighted by Crippen LogP contribution is -2.36. The molecule has 2 aromatic carbocycles. The minimum absolute atomic E-state index is 0.200. The van der Waals surface area contributed by atoms with Gasteiger partial charge in [-0.1, -0.05) is 29.3 Å². The summed E-state index contributed by atoms with van der Waals surface area (Å²) in [6, 6.07) is 9.93. The monoisotopic (exact) mass is 396 g/mol. The Morgan fingerprint density at radius 2 is 1.92 bits per heavy atom. The maximum atomic E-state index is 14.4. The molecular formula is C19H19Cl2FN2O2. The smallest absolute Gasteiger partial charge is 0.224 e. The summed E-state index contributed by atoms with van der Waals surface area (Å²) in [4.78, 5) is 14.1. The van der Waals surface area contributed by atoms with Crippen molar-refractivity contribution < 1.29 is 13.9 Å². The molecule has 3 rings (SSSR count). The lowest BCUT2D eigenvalue weighted by Gasteiger charge is -2.29. The van der Waals surface area contributed by atoms with Crippen LogP contribution in [0, 0.1) is 5.82 Å². The van der Waals surface area contributed by atoms with Gasteiger partial charge >= 0.3 is 0 Å². The molecule has 7 heteroatoms. The molecule has 0 atom stereocenters. The molecule has 1 aliphatic rings. The summed E-state index contributed by atoms with van der Waals surface area (Å²) in [5.74, 6) is -0.556. The largest absolute Gasteiger partial charge is 0.378 e. The van der Waals surface area contributed by atoms with E-state index in [-0.39, 0.29) is 18.1 Å². The van der Waals surface area contributed by atoms with E-state index in [1.807, 2.05) is 4.90 Å². The summed E-state index contributed by atoms with van der Waals surface area (Å²) in [5.41, 5.74) is 1.81. The molecule has 0 aromatic heterocycles. The van der Waals surface area contributed by atoms with E-state index in [2.05, 4.69) is 5.32 Å². The molecule has 0 radical (unpaired) electrons. The van der Waals surface area contributed by atoms with Crippen molar-refractivity contribution in [3.63, 3.8) is 0 Å². The average molecular weight is 397 g/mol. The van der Waals surface area contributed by atoms with E-state index in [9.17, 15) is 9.18 Å². The third kappa shape index (κ3) is 4.87. The molecule has 1 fully saturated rings. The first kappa shape index (κ1) is 19.0. The van der Waals surface area contributed by atoms with Crippen molar-refractivity contribution in [2.24, 2.45) is 0 Å². The quantitative estimate of drug-likeness (QED) is 0.806. The highest BCUT2D eigenvalue weighted by molar-refractivity contribution is 6.35. The molecule has 26 heavy (non-hydrogen) atoms. The maximum absolute atomic E-state index is 14.4. The van der Waals surface area contributed by atoms with E-state index in [1.54, 1.807) is 30.3 Å². The number of nitrogens with zero attached hydrogens (tertiary/aromatic N) is 1. The summed E-state index contributed by atoms with van der Waals surface area (Å²) in [7, 11) is 0. The number of carbonyl (C=O) groups excluding carboxylic acids is 1. The average Bonchev–Trinajstić information content (AvgIpc) is 2.62. The predicted molar refractivity (Wildman–Crippen MR) is 103 cm³/mol. The number of aryl methyl sites for hydroxylation is 1. The van der Waals surface area contributed by atoms with E-state index in [4.69, 9.17) is 27.9 Å². The van der Waals surface area contributed by atoms with Crippen LogP contribution in [0.25, 0.3) is 0 Å². The van der Waals surface area contributed by atoms with Crippen molar-refractivity contribution in [2.75, 3.05) is 36.5 Å². The third-order valence-corrected chi connectivity index (χ3v) is 4.81. The van der Waals surface area contributed by atoms with Crippen LogP contribution in [0.1, 0.15) is 12.0 Å². The van der Waals surface area contributed by atoms with Gasteiger partial charge in [-0.2, -0.15) is 0 Å². The molecule has 1 heterocycles. The number of nitrogens with one attached hydrogen (secondary N) is 1. The fourth-order valence-electron chi connectivity index (χ4n) is 2.84. The maximum Gasteiger partial charge on any atom is 0.224 e. The molecule has 1 aliphatic heterocycles. The number of anilines is 2. The van der Waals surface area contributed by atoms with Crippen molar-refractivity contribution >= 4 is 40.5 Å². The predicted octanol–water partition coefficient (Wildman–Crippen LogP) is 4.54. The number of ether oxygens (including phenoxy) is 1. The number of hydrogen-bond donors (Lipinski definition) is 1. The van der Waals surface area contributed by atoms with Gasteiger partial charge in [0.1, 0.15) is 5.82 Å². The van der Waals surface area contributed by atoms with Crippen molar-refractivity contribution in [3.05, 3.63) is 57.8 Å². The molecule has 1 N–H and O–H groups in total. The molecular weight excluding hydrogens is 378 g/mol. The topological polar surface area (TPSA) is 41.6 Å². The van der Waals surface area contributed by atoms with Gasteiger partial charge in [0.2, 0.25) is 5.91 Å². The second kappa shape index (κ2) is 8.71. The van der Waals surface area contributed by atoms with Gasteiger partial charge in [-0.05, 0) is 42.3 Å². The van der Waals surface area contributed by atoms with E-state index in [0.29, 0.717) is 54.1 Å². The highest BCUT2D eigenvalue weighted by atomic mass is 35.5. The normalized spacial score (nSPS) is 14.3. The van der Waals surface area contributed by atoms with Crippen molar-refractivity contribution in [2.45, 2.75) is 12.8 Å². The fourth-order valence-corrected chi connectivity index (χ4v) is 3.34. The van der Waals surface area contributed by atoms with E-state index in [1.165, 1.54) is 6.07 Å². The van der Waals surface area contributed by atoms with Gasteiger partial charge in [0.05, 0.1) is 18.9 Å². The van der Waals surface area contributed by atoms with Crippen LogP contribution >= 0.6 is 23.2 Å². The van der Waals surface area contributed by atoms with Gasteiger partial charge in [-0.25, -0.2) is 4.39 Å². The minimum Gasteiger partial charge on any atom is -0.378 e. The molecule has 0 bridgehead atoms. The van der Waals surface area contributed by atoms with Gasteiger partial charge in [0.25, 0.3) is 0 Å². The molecule has 2 aromatic rings. The Morgan fingerprint density at radius 1 is 1.15 bits per heavy atom. The van der Waals surface area contributed by atoms with Crippen molar-refractivity contribution in [1.82, 2.24) is 0 Å². The number of amides is 1. The number of rotatable bonds is 5. The number of carbonyl (C=O) groups is 1. The second-order valence-electron chi connectivity index (χ2n) is 6.05. The molecule has 0 aliphatic carbocycles. The Morgan fingerprint density at radius 3 is 2.62 bits per heavy atom. The standard InChI is InChI=1S/C19H19Cl2FN2O2/c20-14-3-1-13(16(21)11-14)2-6-19(25)23-15-4-5-18(17(22)12-15)24-7-9-26-10-8-24/h1,3-5,11-12H,2,6-10H2,(H,23,25). The molecule has 138 valence electrons. The van der Waals surface area contributed by atoms with Crippen LogP contribution in [0.2, 0.25) is 10.0 Å². The van der Waals surface area contributed by atoms with Crippen molar-refractivity contribution in [3.8, 4) is 0 Å². The summed E-state index contributed by atoms with van der Waals surface area (Å²) in [6.07, 6.45) is 0.727. The molecule has 1 saturated heterocycles. The lowest BCUT2D eigenvalue weighted by molar-refractivity contribution is -0.116. The van der Waals surface area contributed by atoms with Crippen LogP contribution in [0.4, 0.5) is 15.8 Å². The zero-order chi connectivity index (χ0) is 18.5. The van der Waals surface area contributed by atoms with Gasteiger partial charge in [0, 0.05) is 35.2 Å². The van der Waals surface area contributed by atoms with E-state index < -0.39 is 0 Å². The van der Waals surface area contributed by atoms with Crippen LogP contribution < -0.4 is 10.2 Å². The molecule has 0 unspecified atom stereocenters. The molecule has 0 spiro atoms. The van der Waals surface area contributed by atoms with E-state index >= 15 is 0 Å². The number of hydrogen-bond acceptors (Lipinski definition) is 3. The molecule has 1 amide bonds. The Hall–Kier alpha value is -1.82. The number of benzene rings is 2. The zero-order valence-corrected chi connectivity index (χ0v) is 15.6.